The molecular formula is C18H18F2. The molecule has 2 aromatic rings. The molecule has 1 saturated carbocycles. The Balaban J connectivity index is 2.08. The molecule has 20 heavy (non-hydrogen) atoms. The lowest BCUT2D eigenvalue weighted by Crippen LogP contribution is -1.97. The third-order valence-corrected chi connectivity index (χ3v) is 4.29. The van der Waals surface area contributed by atoms with Gasteiger partial charge in [-0.05, 0) is 47.4 Å². The first-order valence-corrected chi connectivity index (χ1v) is 7.13. The van der Waals surface area contributed by atoms with Gasteiger partial charge in [0.05, 0.1) is 5.56 Å². The second-order valence-electron chi connectivity index (χ2n) is 5.93. The summed E-state index contributed by atoms with van der Waals surface area (Å²) in [5.41, 5.74) is 1.89. The van der Waals surface area contributed by atoms with Gasteiger partial charge in [0.25, 0.3) is 0 Å². The topological polar surface area (TPSA) is 0 Å². The van der Waals surface area contributed by atoms with Crippen molar-refractivity contribution in [1.82, 2.24) is 0 Å². The van der Waals surface area contributed by atoms with Crippen LogP contribution in [-0.2, 0) is 0 Å². The molecule has 1 aliphatic carbocycles. The van der Waals surface area contributed by atoms with Gasteiger partial charge in [-0.3, -0.25) is 0 Å². The Morgan fingerprint density at radius 2 is 1.60 bits per heavy atom. The number of hydrogen-bond donors (Lipinski definition) is 0. The molecule has 0 aromatic heterocycles. The molecule has 0 heterocycles. The Morgan fingerprint density at radius 3 is 2.20 bits per heavy atom. The predicted octanol–water partition coefficient (Wildman–Crippen LogP) is 5.39. The molecule has 2 atom stereocenters. The lowest BCUT2D eigenvalue weighted by atomic mass is 9.93. The number of halogens is 2. The molecule has 0 bridgehead atoms. The van der Waals surface area contributed by atoms with Crippen LogP contribution in [0.4, 0.5) is 8.78 Å². The Labute approximate surface area is 118 Å². The summed E-state index contributed by atoms with van der Waals surface area (Å²) < 4.78 is 28.0. The predicted molar refractivity (Wildman–Crippen MR) is 77.5 cm³/mol. The monoisotopic (exact) mass is 272 g/mol. The molecule has 0 spiro atoms. The van der Waals surface area contributed by atoms with Crippen molar-refractivity contribution in [3.05, 3.63) is 59.7 Å². The van der Waals surface area contributed by atoms with Gasteiger partial charge in [0.1, 0.15) is 11.6 Å². The fourth-order valence-corrected chi connectivity index (χ4v) is 3.11. The number of rotatable bonds is 3. The SMILES string of the molecule is CC(C)C1CC1c1ccccc1-c1c(F)cccc1F. The average Bonchev–Trinajstić information content (AvgIpc) is 3.19. The molecule has 1 fully saturated rings. The summed E-state index contributed by atoms with van der Waals surface area (Å²) >= 11 is 0. The van der Waals surface area contributed by atoms with Crippen molar-refractivity contribution < 1.29 is 8.78 Å². The molecule has 2 heteroatoms. The van der Waals surface area contributed by atoms with Crippen LogP contribution < -0.4 is 0 Å². The van der Waals surface area contributed by atoms with Crippen LogP contribution in [0, 0.1) is 23.5 Å². The minimum atomic E-state index is -0.487. The van der Waals surface area contributed by atoms with Crippen molar-refractivity contribution in [1.29, 1.82) is 0 Å². The van der Waals surface area contributed by atoms with Gasteiger partial charge in [0.15, 0.2) is 0 Å². The van der Waals surface area contributed by atoms with Crippen molar-refractivity contribution in [2.45, 2.75) is 26.2 Å². The van der Waals surface area contributed by atoms with Crippen LogP contribution in [-0.4, -0.2) is 0 Å². The van der Waals surface area contributed by atoms with Gasteiger partial charge in [-0.1, -0.05) is 44.2 Å². The summed E-state index contributed by atoms with van der Waals surface area (Å²) in [4.78, 5) is 0. The smallest absolute Gasteiger partial charge is 0.133 e. The lowest BCUT2D eigenvalue weighted by molar-refractivity contribution is 0.548. The van der Waals surface area contributed by atoms with Gasteiger partial charge in [-0.15, -0.1) is 0 Å². The van der Waals surface area contributed by atoms with E-state index in [1.165, 1.54) is 18.2 Å². The molecule has 0 amide bonds. The zero-order chi connectivity index (χ0) is 14.3. The van der Waals surface area contributed by atoms with E-state index < -0.39 is 11.6 Å². The summed E-state index contributed by atoms with van der Waals surface area (Å²) in [7, 11) is 0. The Bertz CT molecular complexity index is 611. The van der Waals surface area contributed by atoms with E-state index in [0.29, 0.717) is 23.3 Å². The van der Waals surface area contributed by atoms with Gasteiger partial charge >= 0.3 is 0 Å². The third kappa shape index (κ3) is 2.24. The molecule has 0 radical (unpaired) electrons. The number of hydrogen-bond acceptors (Lipinski definition) is 0. The second-order valence-corrected chi connectivity index (χ2v) is 5.93. The van der Waals surface area contributed by atoms with E-state index in [1.807, 2.05) is 24.3 Å². The zero-order valence-corrected chi connectivity index (χ0v) is 11.7. The minimum absolute atomic E-state index is 0.109. The summed E-state index contributed by atoms with van der Waals surface area (Å²) in [5, 5.41) is 0. The van der Waals surface area contributed by atoms with Crippen LogP contribution in [0.1, 0.15) is 31.7 Å². The quantitative estimate of drug-likeness (QED) is 0.702. The van der Waals surface area contributed by atoms with Gasteiger partial charge in [0.2, 0.25) is 0 Å². The number of benzene rings is 2. The van der Waals surface area contributed by atoms with Crippen molar-refractivity contribution in [3.8, 4) is 11.1 Å². The third-order valence-electron chi connectivity index (χ3n) is 4.29. The summed E-state index contributed by atoms with van der Waals surface area (Å²) in [6.07, 6.45) is 1.12. The highest BCUT2D eigenvalue weighted by Gasteiger charge is 2.41. The van der Waals surface area contributed by atoms with E-state index in [0.717, 1.165) is 12.0 Å². The van der Waals surface area contributed by atoms with Crippen molar-refractivity contribution in [2.24, 2.45) is 11.8 Å². The van der Waals surface area contributed by atoms with E-state index in [9.17, 15) is 8.78 Å². The first-order valence-electron chi connectivity index (χ1n) is 7.13. The Morgan fingerprint density at radius 1 is 0.950 bits per heavy atom. The summed E-state index contributed by atoms with van der Waals surface area (Å²) in [6, 6.07) is 11.7. The molecule has 1 aliphatic rings. The van der Waals surface area contributed by atoms with Gasteiger partial charge < -0.3 is 0 Å². The van der Waals surface area contributed by atoms with E-state index in [4.69, 9.17) is 0 Å². The van der Waals surface area contributed by atoms with Crippen LogP contribution in [0.3, 0.4) is 0 Å². The average molecular weight is 272 g/mol. The van der Waals surface area contributed by atoms with Gasteiger partial charge in [0, 0.05) is 0 Å². The highest BCUT2D eigenvalue weighted by molar-refractivity contribution is 5.70. The standard InChI is InChI=1S/C18H18F2/c1-11(2)14-10-15(14)12-6-3-4-7-13(12)18-16(19)8-5-9-17(18)20/h3-9,11,14-15H,10H2,1-2H3. The molecule has 0 N–H and O–H groups in total. The van der Waals surface area contributed by atoms with Crippen LogP contribution >= 0.6 is 0 Å². The summed E-state index contributed by atoms with van der Waals surface area (Å²) in [6.45, 7) is 4.41. The van der Waals surface area contributed by atoms with Crippen LogP contribution in [0.25, 0.3) is 11.1 Å². The fourth-order valence-electron chi connectivity index (χ4n) is 3.11. The largest absolute Gasteiger partial charge is 0.206 e. The molecule has 2 aromatic carbocycles. The van der Waals surface area contributed by atoms with Crippen LogP contribution in [0.15, 0.2) is 42.5 Å². The molecule has 2 unspecified atom stereocenters. The zero-order valence-electron chi connectivity index (χ0n) is 11.7. The van der Waals surface area contributed by atoms with E-state index in [1.54, 1.807) is 0 Å². The Kier molecular flexibility index (Phi) is 3.33. The molecule has 0 aliphatic heterocycles. The van der Waals surface area contributed by atoms with Gasteiger partial charge in [-0.2, -0.15) is 0 Å². The second kappa shape index (κ2) is 5.01. The fraction of sp³-hybridized carbons (Fsp3) is 0.333. The molecule has 0 saturated heterocycles. The molecule has 0 nitrogen and oxygen atoms in total. The maximum Gasteiger partial charge on any atom is 0.133 e. The van der Waals surface area contributed by atoms with Crippen molar-refractivity contribution >= 4 is 0 Å². The highest BCUT2D eigenvalue weighted by atomic mass is 19.1. The Hall–Kier alpha value is -1.70. The van der Waals surface area contributed by atoms with E-state index in [2.05, 4.69) is 13.8 Å². The van der Waals surface area contributed by atoms with Gasteiger partial charge in [-0.25, -0.2) is 8.78 Å². The van der Waals surface area contributed by atoms with Crippen molar-refractivity contribution in [3.63, 3.8) is 0 Å². The first-order chi connectivity index (χ1) is 9.59. The normalized spacial score (nSPS) is 21.2. The molecule has 3 rings (SSSR count). The molecular weight excluding hydrogens is 254 g/mol. The first kappa shape index (κ1) is 13.3. The van der Waals surface area contributed by atoms with Crippen LogP contribution in [0.5, 0.6) is 0 Å². The maximum absolute atomic E-state index is 14.0. The van der Waals surface area contributed by atoms with E-state index in [-0.39, 0.29) is 5.56 Å². The van der Waals surface area contributed by atoms with E-state index >= 15 is 0 Å². The summed E-state index contributed by atoms with van der Waals surface area (Å²) in [5.74, 6) is 0.702. The highest BCUT2D eigenvalue weighted by Crippen LogP contribution is 2.54. The lowest BCUT2D eigenvalue weighted by Gasteiger charge is -2.12. The molecule has 104 valence electrons. The van der Waals surface area contributed by atoms with Crippen LogP contribution in [0.2, 0.25) is 0 Å². The van der Waals surface area contributed by atoms with Crippen molar-refractivity contribution in [2.75, 3.05) is 0 Å². The minimum Gasteiger partial charge on any atom is -0.206 e. The maximum atomic E-state index is 14.0.